The molecule has 0 amide bonds. The van der Waals surface area contributed by atoms with Gasteiger partial charge in [0.2, 0.25) is 0 Å². The molecule has 3 aliphatic rings. The van der Waals surface area contributed by atoms with E-state index in [4.69, 9.17) is 23.7 Å². The zero-order valence-electron chi connectivity index (χ0n) is 17.6. The monoisotopic (exact) mass is 488 g/mol. The summed E-state index contributed by atoms with van der Waals surface area (Å²) >= 11 is 0. The first kappa shape index (κ1) is 27.0. The number of aliphatic hydroxyl groups is 10. The van der Waals surface area contributed by atoms with E-state index in [0.29, 0.717) is 0 Å². The van der Waals surface area contributed by atoms with Crippen LogP contribution in [0.5, 0.6) is 0 Å². The van der Waals surface area contributed by atoms with Crippen LogP contribution in [0.1, 0.15) is 6.92 Å². The molecule has 0 aliphatic carbocycles. The zero-order chi connectivity index (χ0) is 24.6. The average Bonchev–Trinajstić information content (AvgIpc) is 2.80. The summed E-state index contributed by atoms with van der Waals surface area (Å²) < 4.78 is 26.9. The van der Waals surface area contributed by atoms with Crippen LogP contribution in [0.25, 0.3) is 0 Å². The Morgan fingerprint density at radius 1 is 0.545 bits per heavy atom. The molecule has 10 N–H and O–H groups in total. The molecular weight excluding hydrogens is 456 g/mol. The molecule has 0 unspecified atom stereocenters. The van der Waals surface area contributed by atoms with Gasteiger partial charge < -0.3 is 74.7 Å². The lowest BCUT2D eigenvalue weighted by atomic mass is 9.96. The lowest BCUT2D eigenvalue weighted by molar-refractivity contribution is -0.385. The fourth-order valence-corrected chi connectivity index (χ4v) is 3.98. The molecule has 0 spiro atoms. The first-order valence-electron chi connectivity index (χ1n) is 10.4. The lowest BCUT2D eigenvalue weighted by Gasteiger charge is -2.48. The molecule has 0 bridgehead atoms. The largest absolute Gasteiger partial charge is 0.394 e. The summed E-state index contributed by atoms with van der Waals surface area (Å²) in [6.45, 7) is -0.128. The second-order valence-corrected chi connectivity index (χ2v) is 8.32. The van der Waals surface area contributed by atoms with Crippen LogP contribution in [0.3, 0.4) is 0 Å². The molecule has 3 heterocycles. The van der Waals surface area contributed by atoms with Gasteiger partial charge in [0, 0.05) is 0 Å². The van der Waals surface area contributed by atoms with Crippen molar-refractivity contribution in [1.29, 1.82) is 0 Å². The molecule has 0 saturated carbocycles. The number of hydrogen-bond acceptors (Lipinski definition) is 15. The Bertz CT molecular complexity index is 624. The van der Waals surface area contributed by atoms with Crippen molar-refractivity contribution in [1.82, 2.24) is 0 Å². The van der Waals surface area contributed by atoms with Crippen LogP contribution in [0.2, 0.25) is 0 Å². The Morgan fingerprint density at radius 2 is 1.12 bits per heavy atom. The Kier molecular flexibility index (Phi) is 8.99. The number of rotatable bonds is 6. The molecule has 0 aromatic rings. The Labute approximate surface area is 187 Å². The predicted octanol–water partition coefficient (Wildman–Crippen LogP) is -6.55. The molecule has 194 valence electrons. The third-order valence-corrected chi connectivity index (χ3v) is 6.05. The highest BCUT2D eigenvalue weighted by Gasteiger charge is 2.53. The van der Waals surface area contributed by atoms with E-state index in [1.165, 1.54) is 6.92 Å². The van der Waals surface area contributed by atoms with E-state index >= 15 is 0 Å². The minimum atomic E-state index is -1.83. The maximum Gasteiger partial charge on any atom is 0.187 e. The van der Waals surface area contributed by atoms with E-state index in [1.807, 2.05) is 0 Å². The van der Waals surface area contributed by atoms with Crippen LogP contribution in [-0.2, 0) is 23.7 Å². The second-order valence-electron chi connectivity index (χ2n) is 8.32. The summed E-state index contributed by atoms with van der Waals surface area (Å²) in [5, 5.41) is 99.8. The molecule has 3 aliphatic heterocycles. The van der Waals surface area contributed by atoms with Gasteiger partial charge in [-0.1, -0.05) is 0 Å². The summed E-state index contributed by atoms with van der Waals surface area (Å²) in [5.74, 6) is 0. The van der Waals surface area contributed by atoms with Gasteiger partial charge in [-0.2, -0.15) is 0 Å². The van der Waals surface area contributed by atoms with Crippen LogP contribution in [0.15, 0.2) is 0 Å². The molecule has 33 heavy (non-hydrogen) atoms. The number of ether oxygens (including phenoxy) is 5. The van der Waals surface area contributed by atoms with Crippen molar-refractivity contribution >= 4 is 0 Å². The van der Waals surface area contributed by atoms with E-state index in [2.05, 4.69) is 0 Å². The van der Waals surface area contributed by atoms with Gasteiger partial charge in [-0.15, -0.1) is 0 Å². The van der Waals surface area contributed by atoms with Gasteiger partial charge in [0.1, 0.15) is 67.1 Å². The van der Waals surface area contributed by atoms with Gasteiger partial charge in [-0.25, -0.2) is 0 Å². The normalized spacial score (nSPS) is 53.7. The van der Waals surface area contributed by atoms with E-state index in [1.54, 1.807) is 0 Å². The smallest absolute Gasteiger partial charge is 0.187 e. The van der Waals surface area contributed by atoms with Gasteiger partial charge in [-0.3, -0.25) is 0 Å². The van der Waals surface area contributed by atoms with Crippen LogP contribution < -0.4 is 0 Å². The molecule has 3 rings (SSSR count). The average molecular weight is 488 g/mol. The minimum absolute atomic E-state index is 0.760. The van der Waals surface area contributed by atoms with Crippen molar-refractivity contribution in [3.63, 3.8) is 0 Å². The zero-order valence-corrected chi connectivity index (χ0v) is 17.6. The molecule has 3 fully saturated rings. The maximum atomic E-state index is 10.6. The van der Waals surface area contributed by atoms with E-state index < -0.39 is 105 Å². The molecule has 0 aromatic heterocycles. The summed E-state index contributed by atoms with van der Waals surface area (Å²) in [6, 6.07) is 0. The highest BCUT2D eigenvalue weighted by molar-refractivity contribution is 4.95. The van der Waals surface area contributed by atoms with Crippen LogP contribution >= 0.6 is 0 Å². The third-order valence-electron chi connectivity index (χ3n) is 6.05. The van der Waals surface area contributed by atoms with Gasteiger partial charge in [0.25, 0.3) is 0 Å². The highest BCUT2D eigenvalue weighted by Crippen LogP contribution is 2.32. The first-order valence-corrected chi connectivity index (χ1v) is 10.4. The van der Waals surface area contributed by atoms with Crippen molar-refractivity contribution in [2.45, 2.75) is 99.0 Å². The van der Waals surface area contributed by atoms with Crippen LogP contribution in [0.4, 0.5) is 0 Å². The van der Waals surface area contributed by atoms with Gasteiger partial charge in [0.05, 0.1) is 19.3 Å². The SMILES string of the molecule is C[C@@H]1O[C@@H](O[C@H]2[C@H](O[C@H]3[C@H](O)[C@@H](O)[C@H](O)O[C@@H]3CO)O[C@H](CO)[C@H](O)[C@@H]2O)[C@H](O)[C@H](O)[C@H]1O. The molecule has 15 atom stereocenters. The Hall–Kier alpha value is -0.600. The van der Waals surface area contributed by atoms with Gasteiger partial charge in [-0.05, 0) is 6.92 Å². The highest BCUT2D eigenvalue weighted by atomic mass is 16.8. The quantitative estimate of drug-likeness (QED) is 0.167. The molecular formula is C18H32O15. The predicted molar refractivity (Wildman–Crippen MR) is 99.8 cm³/mol. The van der Waals surface area contributed by atoms with Crippen LogP contribution in [0, 0.1) is 0 Å². The van der Waals surface area contributed by atoms with Gasteiger partial charge >= 0.3 is 0 Å². The van der Waals surface area contributed by atoms with Crippen molar-refractivity contribution in [2.24, 2.45) is 0 Å². The van der Waals surface area contributed by atoms with Gasteiger partial charge in [0.15, 0.2) is 18.9 Å². The molecule has 15 heteroatoms. The molecule has 0 aromatic carbocycles. The maximum absolute atomic E-state index is 10.6. The molecule has 0 radical (unpaired) electrons. The van der Waals surface area contributed by atoms with Crippen molar-refractivity contribution in [3.8, 4) is 0 Å². The fraction of sp³-hybridized carbons (Fsp3) is 1.00. The van der Waals surface area contributed by atoms with Crippen LogP contribution in [-0.4, -0.2) is 156 Å². The summed E-state index contributed by atoms with van der Waals surface area (Å²) in [7, 11) is 0. The molecule has 3 saturated heterocycles. The van der Waals surface area contributed by atoms with E-state index in [-0.39, 0.29) is 0 Å². The van der Waals surface area contributed by atoms with Crippen molar-refractivity contribution in [3.05, 3.63) is 0 Å². The summed E-state index contributed by atoms with van der Waals surface area (Å²) in [4.78, 5) is 0. The summed E-state index contributed by atoms with van der Waals surface area (Å²) in [5.41, 5.74) is 0. The first-order chi connectivity index (χ1) is 15.5. The number of aliphatic hydroxyl groups excluding tert-OH is 10. The van der Waals surface area contributed by atoms with E-state index in [9.17, 15) is 51.1 Å². The molecule has 15 nitrogen and oxygen atoms in total. The standard InChI is InChI=1S/C18H32O15/c1-4-7(21)9(23)13(27)17(29-4)33-15-10(24)8(22)5(2-19)31-18(15)32-14-6(3-20)30-16(28)12(26)11(14)25/h4-28H,2-3H2,1H3/t4-,5+,6+,7-,8-,9+,10-,11+,12+,13+,14+,15+,16+,17-,18-/m0/s1. The van der Waals surface area contributed by atoms with Crippen molar-refractivity contribution in [2.75, 3.05) is 13.2 Å². The fourth-order valence-electron chi connectivity index (χ4n) is 3.98. The lowest BCUT2D eigenvalue weighted by Crippen LogP contribution is -2.66. The van der Waals surface area contributed by atoms with Crippen molar-refractivity contribution < 1.29 is 74.7 Å². The number of hydrogen-bond donors (Lipinski definition) is 10. The topological polar surface area (TPSA) is 248 Å². The minimum Gasteiger partial charge on any atom is -0.394 e. The third kappa shape index (κ3) is 5.32. The Morgan fingerprint density at radius 3 is 1.73 bits per heavy atom. The van der Waals surface area contributed by atoms with E-state index in [0.717, 1.165) is 0 Å². The summed E-state index contributed by atoms with van der Waals surface area (Å²) in [6.07, 6.45) is -24.1. The Balaban J connectivity index is 1.83. The second kappa shape index (κ2) is 11.0.